The van der Waals surface area contributed by atoms with E-state index in [2.05, 4.69) is 40.3 Å². The first kappa shape index (κ1) is 9.57. The summed E-state index contributed by atoms with van der Waals surface area (Å²) in [5, 5.41) is 0. The molecule has 1 unspecified atom stereocenters. The van der Waals surface area contributed by atoms with E-state index in [1.165, 1.54) is 17.6 Å². The van der Waals surface area contributed by atoms with Crippen LogP contribution in [0, 0.1) is 11.3 Å². The van der Waals surface area contributed by atoms with E-state index in [9.17, 15) is 0 Å². The molecule has 0 N–H and O–H groups in total. The first-order chi connectivity index (χ1) is 5.46. The van der Waals surface area contributed by atoms with E-state index < -0.39 is 0 Å². The van der Waals surface area contributed by atoms with Gasteiger partial charge >= 0.3 is 0 Å². The molecule has 0 nitrogen and oxygen atoms in total. The van der Waals surface area contributed by atoms with E-state index in [0.717, 1.165) is 6.42 Å². The van der Waals surface area contributed by atoms with Gasteiger partial charge in [0.2, 0.25) is 0 Å². The molecule has 1 atom stereocenters. The fraction of sp³-hybridized carbons (Fsp3) is 0.667. The molecule has 0 aromatic carbocycles. The third-order valence-corrected chi connectivity index (χ3v) is 2.80. The number of rotatable bonds is 0. The zero-order valence-corrected chi connectivity index (χ0v) is 8.78. The van der Waals surface area contributed by atoms with Crippen molar-refractivity contribution in [3.05, 3.63) is 23.8 Å². The van der Waals surface area contributed by atoms with Gasteiger partial charge in [0, 0.05) is 0 Å². The lowest BCUT2D eigenvalue weighted by Crippen LogP contribution is -2.24. The number of allylic oxidation sites excluding steroid dienone is 3. The van der Waals surface area contributed by atoms with Crippen molar-refractivity contribution in [3.8, 4) is 0 Å². The van der Waals surface area contributed by atoms with Crippen molar-refractivity contribution < 1.29 is 0 Å². The molecule has 0 radical (unpaired) electrons. The Hall–Kier alpha value is -0.520. The quantitative estimate of drug-likeness (QED) is 0.508. The minimum absolute atomic E-state index is 0.461. The molecule has 0 aromatic rings. The monoisotopic (exact) mass is 164 g/mol. The molecule has 0 aromatic heterocycles. The first-order valence-electron chi connectivity index (χ1n) is 4.80. The Labute approximate surface area is 76.4 Å². The predicted octanol–water partition coefficient (Wildman–Crippen LogP) is 3.95. The Balaban J connectivity index is 2.85. The van der Waals surface area contributed by atoms with Gasteiger partial charge in [-0.1, -0.05) is 39.0 Å². The predicted molar refractivity (Wildman–Crippen MR) is 55.1 cm³/mol. The SMILES string of the molecule is C=C1CC(C)(C)CC(C)C1=CC. The zero-order chi connectivity index (χ0) is 9.35. The van der Waals surface area contributed by atoms with Crippen LogP contribution in [0.4, 0.5) is 0 Å². The normalized spacial score (nSPS) is 32.5. The van der Waals surface area contributed by atoms with Crippen molar-refractivity contribution in [2.24, 2.45) is 11.3 Å². The molecule has 1 saturated carbocycles. The van der Waals surface area contributed by atoms with E-state index >= 15 is 0 Å². The second-order valence-electron chi connectivity index (χ2n) is 4.79. The Bertz CT molecular complexity index is 218. The third kappa shape index (κ3) is 1.80. The van der Waals surface area contributed by atoms with Gasteiger partial charge in [0.1, 0.15) is 0 Å². The second-order valence-corrected chi connectivity index (χ2v) is 4.79. The lowest BCUT2D eigenvalue weighted by atomic mass is 9.68. The average molecular weight is 164 g/mol. The largest absolute Gasteiger partial charge is 0.0955 e. The smallest absolute Gasteiger partial charge is 0.0186 e. The van der Waals surface area contributed by atoms with Gasteiger partial charge in [-0.2, -0.15) is 0 Å². The second kappa shape index (κ2) is 3.08. The van der Waals surface area contributed by atoms with Crippen LogP contribution in [0.5, 0.6) is 0 Å². The summed E-state index contributed by atoms with van der Waals surface area (Å²) < 4.78 is 0. The van der Waals surface area contributed by atoms with Gasteiger partial charge in [0.25, 0.3) is 0 Å². The van der Waals surface area contributed by atoms with Crippen LogP contribution in [0.15, 0.2) is 23.8 Å². The molecular formula is C12H20. The zero-order valence-electron chi connectivity index (χ0n) is 8.78. The molecule has 0 heterocycles. The van der Waals surface area contributed by atoms with Crippen molar-refractivity contribution >= 4 is 0 Å². The summed E-state index contributed by atoms with van der Waals surface area (Å²) in [7, 11) is 0. The lowest BCUT2D eigenvalue weighted by molar-refractivity contribution is 0.269. The van der Waals surface area contributed by atoms with Crippen LogP contribution in [0.1, 0.15) is 40.5 Å². The Morgan fingerprint density at radius 3 is 2.50 bits per heavy atom. The molecule has 1 aliphatic carbocycles. The molecule has 0 bridgehead atoms. The van der Waals surface area contributed by atoms with Gasteiger partial charge in [-0.3, -0.25) is 0 Å². The average Bonchev–Trinajstić information content (AvgIpc) is 1.82. The van der Waals surface area contributed by atoms with E-state index in [-0.39, 0.29) is 0 Å². The van der Waals surface area contributed by atoms with Crippen molar-refractivity contribution in [3.63, 3.8) is 0 Å². The Morgan fingerprint density at radius 1 is 1.50 bits per heavy atom. The van der Waals surface area contributed by atoms with Gasteiger partial charge in [-0.25, -0.2) is 0 Å². The summed E-state index contributed by atoms with van der Waals surface area (Å²) in [5.41, 5.74) is 3.29. The maximum Gasteiger partial charge on any atom is -0.0186 e. The maximum atomic E-state index is 4.14. The standard InChI is InChI=1S/C12H20/c1-6-11-9(2)7-12(4,5)8-10(11)3/h6,10H,2,7-8H2,1,3-5H3. The topological polar surface area (TPSA) is 0 Å². The molecule has 0 amide bonds. The van der Waals surface area contributed by atoms with E-state index in [4.69, 9.17) is 0 Å². The highest BCUT2D eigenvalue weighted by molar-refractivity contribution is 5.33. The van der Waals surface area contributed by atoms with Crippen LogP contribution in [-0.2, 0) is 0 Å². The molecule has 1 fully saturated rings. The van der Waals surface area contributed by atoms with Crippen molar-refractivity contribution in [1.29, 1.82) is 0 Å². The van der Waals surface area contributed by atoms with Gasteiger partial charge in [-0.15, -0.1) is 0 Å². The molecule has 0 spiro atoms. The number of hydrogen-bond donors (Lipinski definition) is 0. The van der Waals surface area contributed by atoms with Crippen LogP contribution in [0.25, 0.3) is 0 Å². The van der Waals surface area contributed by atoms with Gasteiger partial charge in [0.05, 0.1) is 0 Å². The molecule has 1 aliphatic rings. The minimum atomic E-state index is 0.461. The summed E-state index contributed by atoms with van der Waals surface area (Å²) in [4.78, 5) is 0. The van der Waals surface area contributed by atoms with Gasteiger partial charge in [0.15, 0.2) is 0 Å². The summed E-state index contributed by atoms with van der Waals surface area (Å²) in [6.45, 7) is 13.2. The first-order valence-corrected chi connectivity index (χ1v) is 4.80. The van der Waals surface area contributed by atoms with Crippen LogP contribution in [0.2, 0.25) is 0 Å². The summed E-state index contributed by atoms with van der Waals surface area (Å²) in [5.74, 6) is 0.700. The minimum Gasteiger partial charge on any atom is -0.0955 e. The van der Waals surface area contributed by atoms with Gasteiger partial charge < -0.3 is 0 Å². The highest BCUT2D eigenvalue weighted by atomic mass is 14.3. The fourth-order valence-electron chi connectivity index (χ4n) is 2.53. The van der Waals surface area contributed by atoms with Crippen molar-refractivity contribution in [1.82, 2.24) is 0 Å². The van der Waals surface area contributed by atoms with Crippen molar-refractivity contribution in [2.75, 3.05) is 0 Å². The van der Waals surface area contributed by atoms with Crippen molar-refractivity contribution in [2.45, 2.75) is 40.5 Å². The molecule has 0 heteroatoms. The summed E-state index contributed by atoms with van der Waals surface area (Å²) in [6.07, 6.45) is 4.69. The van der Waals surface area contributed by atoms with Gasteiger partial charge in [-0.05, 0) is 36.7 Å². The lowest BCUT2D eigenvalue weighted by Gasteiger charge is -2.37. The molecule has 0 aliphatic heterocycles. The molecule has 68 valence electrons. The highest BCUT2D eigenvalue weighted by Crippen LogP contribution is 2.43. The van der Waals surface area contributed by atoms with Crippen LogP contribution in [-0.4, -0.2) is 0 Å². The highest BCUT2D eigenvalue weighted by Gasteiger charge is 2.30. The molecule has 12 heavy (non-hydrogen) atoms. The van der Waals surface area contributed by atoms with Crippen LogP contribution >= 0.6 is 0 Å². The number of hydrogen-bond acceptors (Lipinski definition) is 0. The third-order valence-electron chi connectivity index (χ3n) is 2.80. The summed E-state index contributed by atoms with van der Waals surface area (Å²) >= 11 is 0. The van der Waals surface area contributed by atoms with Crippen LogP contribution < -0.4 is 0 Å². The maximum absolute atomic E-state index is 4.14. The molecular weight excluding hydrogens is 144 g/mol. The van der Waals surface area contributed by atoms with E-state index in [1.54, 1.807) is 0 Å². The Morgan fingerprint density at radius 2 is 2.08 bits per heavy atom. The van der Waals surface area contributed by atoms with E-state index in [1.807, 2.05) is 0 Å². The molecule has 1 rings (SSSR count). The summed E-state index contributed by atoms with van der Waals surface area (Å²) in [6, 6.07) is 0. The van der Waals surface area contributed by atoms with E-state index in [0.29, 0.717) is 11.3 Å². The Kier molecular flexibility index (Phi) is 2.46. The van der Waals surface area contributed by atoms with Crippen LogP contribution in [0.3, 0.4) is 0 Å². The molecule has 0 saturated heterocycles. The fourth-order valence-corrected chi connectivity index (χ4v) is 2.53.